The van der Waals surface area contributed by atoms with Gasteiger partial charge in [-0.25, -0.2) is 8.78 Å². The van der Waals surface area contributed by atoms with Crippen molar-refractivity contribution in [2.75, 3.05) is 7.05 Å². The Kier molecular flexibility index (Phi) is 4.08. The maximum absolute atomic E-state index is 13.8. The molecule has 0 amide bonds. The van der Waals surface area contributed by atoms with Crippen LogP contribution < -0.4 is 5.32 Å². The highest BCUT2D eigenvalue weighted by atomic mass is 79.9. The summed E-state index contributed by atoms with van der Waals surface area (Å²) in [6, 6.07) is 4.40. The first-order chi connectivity index (χ1) is 8.61. The Morgan fingerprint density at radius 1 is 1.33 bits per heavy atom. The summed E-state index contributed by atoms with van der Waals surface area (Å²) in [5, 5.41) is 7.17. The predicted molar refractivity (Wildman–Crippen MR) is 68.2 cm³/mol. The van der Waals surface area contributed by atoms with Crippen molar-refractivity contribution in [1.82, 2.24) is 15.1 Å². The van der Waals surface area contributed by atoms with Crippen LogP contribution >= 0.6 is 15.9 Å². The Morgan fingerprint density at radius 2 is 2.11 bits per heavy atom. The highest BCUT2D eigenvalue weighted by Gasteiger charge is 2.13. The lowest BCUT2D eigenvalue weighted by atomic mass is 10.2. The van der Waals surface area contributed by atoms with Crippen LogP contribution in [0.4, 0.5) is 8.78 Å². The smallest absolute Gasteiger partial charge is 0.145 e. The van der Waals surface area contributed by atoms with Gasteiger partial charge in [0.25, 0.3) is 0 Å². The van der Waals surface area contributed by atoms with E-state index in [1.807, 2.05) is 13.1 Å². The summed E-state index contributed by atoms with van der Waals surface area (Å²) in [4.78, 5) is 0. The lowest BCUT2D eigenvalue weighted by Crippen LogP contribution is -2.09. The van der Waals surface area contributed by atoms with Crippen molar-refractivity contribution in [2.24, 2.45) is 0 Å². The Bertz CT molecular complexity index is 554. The van der Waals surface area contributed by atoms with Gasteiger partial charge >= 0.3 is 0 Å². The summed E-state index contributed by atoms with van der Waals surface area (Å²) < 4.78 is 29.1. The normalized spacial score (nSPS) is 10.9. The van der Waals surface area contributed by atoms with E-state index in [9.17, 15) is 8.78 Å². The molecule has 0 fully saturated rings. The van der Waals surface area contributed by atoms with Gasteiger partial charge in [0, 0.05) is 18.3 Å². The number of hydrogen-bond donors (Lipinski definition) is 1. The summed E-state index contributed by atoms with van der Waals surface area (Å²) in [7, 11) is 1.81. The van der Waals surface area contributed by atoms with Crippen molar-refractivity contribution in [3.05, 3.63) is 51.8 Å². The molecule has 2 aromatic rings. The van der Waals surface area contributed by atoms with E-state index in [0.717, 1.165) is 5.69 Å². The molecule has 0 unspecified atom stereocenters. The van der Waals surface area contributed by atoms with Crippen LogP contribution in [0.25, 0.3) is 0 Å². The molecule has 0 radical (unpaired) electrons. The molecule has 0 aliphatic carbocycles. The monoisotopic (exact) mass is 315 g/mol. The van der Waals surface area contributed by atoms with Gasteiger partial charge in [-0.2, -0.15) is 5.10 Å². The van der Waals surface area contributed by atoms with Gasteiger partial charge in [-0.3, -0.25) is 4.68 Å². The van der Waals surface area contributed by atoms with Gasteiger partial charge in [0.15, 0.2) is 0 Å². The van der Waals surface area contributed by atoms with Crippen molar-refractivity contribution in [2.45, 2.75) is 13.1 Å². The third kappa shape index (κ3) is 2.76. The molecule has 18 heavy (non-hydrogen) atoms. The molecule has 1 aromatic carbocycles. The van der Waals surface area contributed by atoms with Crippen LogP contribution in [0.3, 0.4) is 0 Å². The average molecular weight is 316 g/mol. The Balaban J connectivity index is 2.25. The van der Waals surface area contributed by atoms with Gasteiger partial charge in [0.2, 0.25) is 0 Å². The highest BCUT2D eigenvalue weighted by molar-refractivity contribution is 9.10. The van der Waals surface area contributed by atoms with E-state index in [1.165, 1.54) is 16.8 Å². The number of hydrogen-bond acceptors (Lipinski definition) is 2. The Morgan fingerprint density at radius 3 is 2.83 bits per heavy atom. The molecule has 0 spiro atoms. The molecule has 6 heteroatoms. The zero-order valence-electron chi connectivity index (χ0n) is 9.75. The SMILES string of the molecule is CNCc1ccn(Cc2c(F)ccc(Br)c2F)n1. The molecular formula is C12H12BrF2N3. The second-order valence-electron chi connectivity index (χ2n) is 3.86. The first-order valence-corrected chi connectivity index (χ1v) is 6.20. The van der Waals surface area contributed by atoms with Crippen molar-refractivity contribution >= 4 is 15.9 Å². The first-order valence-electron chi connectivity index (χ1n) is 5.41. The molecule has 0 aliphatic heterocycles. The Hall–Kier alpha value is -1.27. The van der Waals surface area contributed by atoms with Gasteiger partial charge in [0.1, 0.15) is 11.6 Å². The number of benzene rings is 1. The predicted octanol–water partition coefficient (Wildman–Crippen LogP) is 2.69. The zero-order chi connectivity index (χ0) is 13.1. The molecule has 1 aromatic heterocycles. The van der Waals surface area contributed by atoms with E-state index in [0.29, 0.717) is 6.54 Å². The van der Waals surface area contributed by atoms with Crippen LogP contribution in [0, 0.1) is 11.6 Å². The summed E-state index contributed by atoms with van der Waals surface area (Å²) in [6.45, 7) is 0.692. The van der Waals surface area contributed by atoms with E-state index in [1.54, 1.807) is 6.20 Å². The van der Waals surface area contributed by atoms with Crippen molar-refractivity contribution < 1.29 is 8.78 Å². The van der Waals surface area contributed by atoms with Gasteiger partial charge in [-0.15, -0.1) is 0 Å². The number of nitrogens with one attached hydrogen (secondary N) is 1. The van der Waals surface area contributed by atoms with Crippen LogP contribution in [-0.2, 0) is 13.1 Å². The largest absolute Gasteiger partial charge is 0.314 e. The van der Waals surface area contributed by atoms with Crippen LogP contribution in [0.1, 0.15) is 11.3 Å². The van der Waals surface area contributed by atoms with Gasteiger partial charge in [-0.05, 0) is 41.2 Å². The fraction of sp³-hybridized carbons (Fsp3) is 0.250. The third-order valence-corrected chi connectivity index (χ3v) is 3.13. The van der Waals surface area contributed by atoms with Crippen LogP contribution in [0.15, 0.2) is 28.9 Å². The maximum atomic E-state index is 13.8. The average Bonchev–Trinajstić information content (AvgIpc) is 2.78. The number of nitrogens with zero attached hydrogens (tertiary/aromatic N) is 2. The molecule has 1 N–H and O–H groups in total. The summed E-state index contributed by atoms with van der Waals surface area (Å²) in [5.74, 6) is -1.15. The first kappa shape index (κ1) is 13.2. The van der Waals surface area contributed by atoms with Crippen LogP contribution in [-0.4, -0.2) is 16.8 Å². The molecule has 0 bridgehead atoms. The Labute approximate surface area is 112 Å². The van der Waals surface area contributed by atoms with Crippen molar-refractivity contribution in [3.8, 4) is 0 Å². The van der Waals surface area contributed by atoms with Crippen molar-refractivity contribution in [1.29, 1.82) is 0 Å². The minimum Gasteiger partial charge on any atom is -0.314 e. The van der Waals surface area contributed by atoms with Crippen molar-refractivity contribution in [3.63, 3.8) is 0 Å². The van der Waals surface area contributed by atoms with E-state index < -0.39 is 11.6 Å². The summed E-state index contributed by atoms with van der Waals surface area (Å²) in [6.07, 6.45) is 1.70. The maximum Gasteiger partial charge on any atom is 0.145 e. The zero-order valence-corrected chi connectivity index (χ0v) is 11.3. The number of halogens is 3. The highest BCUT2D eigenvalue weighted by Crippen LogP contribution is 2.22. The quantitative estimate of drug-likeness (QED) is 0.879. The topological polar surface area (TPSA) is 29.9 Å². The van der Waals surface area contributed by atoms with E-state index >= 15 is 0 Å². The third-order valence-electron chi connectivity index (χ3n) is 2.51. The van der Waals surface area contributed by atoms with E-state index in [2.05, 4.69) is 26.3 Å². The fourth-order valence-corrected chi connectivity index (χ4v) is 2.01. The molecule has 0 atom stereocenters. The molecule has 3 nitrogen and oxygen atoms in total. The van der Waals surface area contributed by atoms with Crippen LogP contribution in [0.5, 0.6) is 0 Å². The van der Waals surface area contributed by atoms with Gasteiger partial charge in [-0.1, -0.05) is 0 Å². The van der Waals surface area contributed by atoms with Crippen LogP contribution in [0.2, 0.25) is 0 Å². The minimum absolute atomic E-state index is 0.00322. The molecular weight excluding hydrogens is 304 g/mol. The molecule has 0 saturated heterocycles. The number of rotatable bonds is 4. The summed E-state index contributed by atoms with van der Waals surface area (Å²) in [5.41, 5.74) is 0.830. The van der Waals surface area contributed by atoms with E-state index in [4.69, 9.17) is 0 Å². The van der Waals surface area contributed by atoms with E-state index in [-0.39, 0.29) is 16.6 Å². The molecule has 0 saturated carbocycles. The second kappa shape index (κ2) is 5.58. The lowest BCUT2D eigenvalue weighted by molar-refractivity contribution is 0.527. The number of aromatic nitrogens is 2. The molecule has 1 heterocycles. The molecule has 0 aliphatic rings. The minimum atomic E-state index is -0.583. The molecule has 96 valence electrons. The lowest BCUT2D eigenvalue weighted by Gasteiger charge is -2.06. The standard InChI is InChI=1S/C12H12BrF2N3/c1-16-6-8-4-5-18(17-8)7-9-11(14)3-2-10(13)12(9)15/h2-5,16H,6-7H2,1H3. The van der Waals surface area contributed by atoms with Gasteiger partial charge < -0.3 is 5.32 Å². The fourth-order valence-electron chi connectivity index (χ4n) is 1.64. The summed E-state index contributed by atoms with van der Waals surface area (Å²) >= 11 is 3.04. The van der Waals surface area contributed by atoms with Gasteiger partial charge in [0.05, 0.1) is 16.7 Å². The molecule has 2 rings (SSSR count). The second-order valence-corrected chi connectivity index (χ2v) is 4.71.